The third-order valence-electron chi connectivity index (χ3n) is 5.81. The summed E-state index contributed by atoms with van der Waals surface area (Å²) in [5.41, 5.74) is 7.30. The van der Waals surface area contributed by atoms with E-state index >= 15 is 0 Å². The van der Waals surface area contributed by atoms with Gasteiger partial charge in [0.15, 0.2) is 0 Å². The van der Waals surface area contributed by atoms with Gasteiger partial charge in [0.25, 0.3) is 0 Å². The van der Waals surface area contributed by atoms with Crippen molar-refractivity contribution in [2.45, 2.75) is 52.0 Å². The number of benzene rings is 2. The molecule has 0 saturated heterocycles. The zero-order valence-corrected chi connectivity index (χ0v) is 15.7. The van der Waals surface area contributed by atoms with E-state index in [0.717, 1.165) is 30.0 Å². The normalized spacial score (nSPS) is 15.6. The Bertz CT molecular complexity index is 842. The third kappa shape index (κ3) is 3.99. The van der Waals surface area contributed by atoms with Gasteiger partial charge < -0.3 is 10.3 Å². The molecule has 1 aliphatic rings. The molecule has 26 heavy (non-hydrogen) atoms. The zero-order valence-electron chi connectivity index (χ0n) is 15.7. The van der Waals surface area contributed by atoms with Crippen molar-refractivity contribution in [2.75, 3.05) is 6.54 Å². The van der Waals surface area contributed by atoms with E-state index in [9.17, 15) is 0 Å². The van der Waals surface area contributed by atoms with Gasteiger partial charge in [-0.2, -0.15) is 0 Å². The molecule has 0 atom stereocenters. The molecule has 2 aromatic carbocycles. The van der Waals surface area contributed by atoms with E-state index < -0.39 is 0 Å². The molecule has 1 heterocycles. The fraction of sp³-hybridized carbons (Fsp3) is 0.435. The van der Waals surface area contributed by atoms with Gasteiger partial charge in [-0.1, -0.05) is 56.4 Å². The number of fused-ring (bicyclic) bond motifs is 1. The quantitative estimate of drug-likeness (QED) is 0.570. The second-order valence-electron chi connectivity index (χ2n) is 7.75. The number of nitrogens with zero attached hydrogens (tertiary/aromatic N) is 1. The van der Waals surface area contributed by atoms with Crippen molar-refractivity contribution in [3.8, 4) is 11.1 Å². The van der Waals surface area contributed by atoms with Crippen LogP contribution in [0.4, 0.5) is 0 Å². The number of hydrogen-bond acceptors (Lipinski definition) is 2. The molecular formula is C23H29N3. The van der Waals surface area contributed by atoms with E-state index in [-0.39, 0.29) is 0 Å². The fourth-order valence-corrected chi connectivity index (χ4v) is 4.21. The summed E-state index contributed by atoms with van der Waals surface area (Å²) in [4.78, 5) is 7.55. The Labute approximate surface area is 156 Å². The van der Waals surface area contributed by atoms with Gasteiger partial charge in [-0.25, -0.2) is 4.98 Å². The molecule has 0 bridgehead atoms. The molecule has 3 nitrogen and oxygen atoms in total. The standard InChI is InChI=1S/C23H29N3/c1-17-13-22-23(26-16-25-22)14-21(17)20-9-7-19(8-10-20)15-24-12-11-18-5-3-2-4-6-18/h7-10,13-14,16,18,24H,2-6,11-12,15H2,1H3,(H,25,26). The van der Waals surface area contributed by atoms with Gasteiger partial charge >= 0.3 is 0 Å². The molecule has 0 unspecified atom stereocenters. The first kappa shape index (κ1) is 17.3. The lowest BCUT2D eigenvalue weighted by Gasteiger charge is -2.21. The average molecular weight is 348 g/mol. The maximum Gasteiger partial charge on any atom is 0.0931 e. The Morgan fingerprint density at radius 3 is 2.69 bits per heavy atom. The van der Waals surface area contributed by atoms with E-state index in [0.29, 0.717) is 0 Å². The Balaban J connectivity index is 1.34. The molecule has 1 aromatic heterocycles. The summed E-state index contributed by atoms with van der Waals surface area (Å²) < 4.78 is 0. The topological polar surface area (TPSA) is 40.7 Å². The number of imidazole rings is 1. The first-order chi connectivity index (χ1) is 12.8. The Morgan fingerprint density at radius 1 is 1.08 bits per heavy atom. The van der Waals surface area contributed by atoms with E-state index in [1.807, 2.05) is 0 Å². The van der Waals surface area contributed by atoms with Crippen LogP contribution >= 0.6 is 0 Å². The summed E-state index contributed by atoms with van der Waals surface area (Å²) in [6, 6.07) is 13.3. The van der Waals surface area contributed by atoms with Crippen molar-refractivity contribution in [3.05, 3.63) is 53.9 Å². The molecule has 1 aliphatic carbocycles. The number of aryl methyl sites for hydroxylation is 1. The lowest BCUT2D eigenvalue weighted by molar-refractivity contribution is 0.334. The minimum Gasteiger partial charge on any atom is -0.345 e. The van der Waals surface area contributed by atoms with Crippen molar-refractivity contribution in [1.82, 2.24) is 15.3 Å². The van der Waals surface area contributed by atoms with E-state index in [1.54, 1.807) is 6.33 Å². The Hall–Kier alpha value is -2.13. The zero-order chi connectivity index (χ0) is 17.8. The van der Waals surface area contributed by atoms with Gasteiger partial charge in [0, 0.05) is 6.54 Å². The molecule has 3 aromatic rings. The molecule has 0 amide bonds. The maximum atomic E-state index is 4.34. The molecule has 4 rings (SSSR count). The van der Waals surface area contributed by atoms with Crippen LogP contribution in [-0.4, -0.2) is 16.5 Å². The lowest BCUT2D eigenvalue weighted by Crippen LogP contribution is -2.19. The van der Waals surface area contributed by atoms with Gasteiger partial charge in [-0.05, 0) is 60.2 Å². The van der Waals surface area contributed by atoms with Gasteiger partial charge in [0.2, 0.25) is 0 Å². The molecule has 1 fully saturated rings. The minimum atomic E-state index is 0.957. The van der Waals surface area contributed by atoms with Crippen molar-refractivity contribution in [1.29, 1.82) is 0 Å². The third-order valence-corrected chi connectivity index (χ3v) is 5.81. The summed E-state index contributed by atoms with van der Waals surface area (Å²) in [6.45, 7) is 4.26. The lowest BCUT2D eigenvalue weighted by atomic mass is 9.87. The molecule has 3 heteroatoms. The summed E-state index contributed by atoms with van der Waals surface area (Å²) >= 11 is 0. The van der Waals surface area contributed by atoms with Crippen LogP contribution in [0.2, 0.25) is 0 Å². The number of aromatic amines is 1. The maximum absolute atomic E-state index is 4.34. The van der Waals surface area contributed by atoms with Crippen LogP contribution in [0.25, 0.3) is 22.2 Å². The average Bonchev–Trinajstić information content (AvgIpc) is 3.13. The number of aromatic nitrogens is 2. The monoisotopic (exact) mass is 347 g/mol. The predicted octanol–water partition coefficient (Wildman–Crippen LogP) is 5.60. The van der Waals surface area contributed by atoms with E-state index in [2.05, 4.69) is 58.6 Å². The van der Waals surface area contributed by atoms with Crippen LogP contribution in [0.1, 0.15) is 49.7 Å². The van der Waals surface area contributed by atoms with Gasteiger partial charge in [0.1, 0.15) is 0 Å². The number of H-pyrrole nitrogens is 1. The SMILES string of the molecule is Cc1cc2nc[nH]c2cc1-c1ccc(CNCCC2CCCCC2)cc1. The summed E-state index contributed by atoms with van der Waals surface area (Å²) in [5, 5.41) is 3.63. The smallest absolute Gasteiger partial charge is 0.0931 e. The Morgan fingerprint density at radius 2 is 1.88 bits per heavy atom. The van der Waals surface area contributed by atoms with Crippen LogP contribution < -0.4 is 5.32 Å². The van der Waals surface area contributed by atoms with Gasteiger partial charge in [0.05, 0.1) is 17.4 Å². The summed E-state index contributed by atoms with van der Waals surface area (Å²) in [6.07, 6.45) is 10.3. The largest absolute Gasteiger partial charge is 0.345 e. The molecule has 0 aliphatic heterocycles. The first-order valence-electron chi connectivity index (χ1n) is 10.0. The second-order valence-corrected chi connectivity index (χ2v) is 7.75. The summed E-state index contributed by atoms with van der Waals surface area (Å²) in [5.74, 6) is 0.957. The first-order valence-corrected chi connectivity index (χ1v) is 10.0. The molecule has 0 radical (unpaired) electrons. The second kappa shape index (κ2) is 8.05. The van der Waals surface area contributed by atoms with Crippen molar-refractivity contribution in [2.24, 2.45) is 5.92 Å². The molecule has 2 N–H and O–H groups in total. The fourth-order valence-electron chi connectivity index (χ4n) is 4.21. The predicted molar refractivity (Wildman–Crippen MR) is 109 cm³/mol. The highest BCUT2D eigenvalue weighted by molar-refractivity contribution is 5.83. The highest BCUT2D eigenvalue weighted by Gasteiger charge is 2.12. The Kier molecular flexibility index (Phi) is 5.35. The van der Waals surface area contributed by atoms with Gasteiger partial charge in [-0.15, -0.1) is 0 Å². The van der Waals surface area contributed by atoms with Crippen LogP contribution in [0.5, 0.6) is 0 Å². The number of rotatable bonds is 6. The highest BCUT2D eigenvalue weighted by atomic mass is 14.9. The highest BCUT2D eigenvalue weighted by Crippen LogP contribution is 2.28. The van der Waals surface area contributed by atoms with Crippen LogP contribution in [0.3, 0.4) is 0 Å². The number of hydrogen-bond donors (Lipinski definition) is 2. The van der Waals surface area contributed by atoms with Gasteiger partial charge in [-0.3, -0.25) is 0 Å². The molecule has 0 spiro atoms. The van der Waals surface area contributed by atoms with E-state index in [4.69, 9.17) is 0 Å². The van der Waals surface area contributed by atoms with Crippen LogP contribution in [-0.2, 0) is 6.54 Å². The van der Waals surface area contributed by atoms with Crippen molar-refractivity contribution in [3.63, 3.8) is 0 Å². The van der Waals surface area contributed by atoms with Crippen LogP contribution in [0, 0.1) is 12.8 Å². The molecular weight excluding hydrogens is 318 g/mol. The minimum absolute atomic E-state index is 0.957. The number of nitrogens with one attached hydrogen (secondary N) is 2. The van der Waals surface area contributed by atoms with Crippen molar-refractivity contribution >= 4 is 11.0 Å². The summed E-state index contributed by atoms with van der Waals surface area (Å²) in [7, 11) is 0. The molecule has 136 valence electrons. The molecule has 1 saturated carbocycles. The van der Waals surface area contributed by atoms with Crippen LogP contribution in [0.15, 0.2) is 42.7 Å². The van der Waals surface area contributed by atoms with Crippen molar-refractivity contribution < 1.29 is 0 Å². The van der Waals surface area contributed by atoms with E-state index in [1.165, 1.54) is 60.8 Å².